The predicted molar refractivity (Wildman–Crippen MR) is 88.8 cm³/mol. The fourth-order valence-electron chi connectivity index (χ4n) is 1.98. The number of rotatable bonds is 6. The lowest BCUT2D eigenvalue weighted by Gasteiger charge is -2.06. The Labute approximate surface area is 139 Å². The van der Waals surface area contributed by atoms with E-state index in [1.807, 2.05) is 0 Å². The monoisotopic (exact) mass is 345 g/mol. The summed E-state index contributed by atoms with van der Waals surface area (Å²) >= 11 is 8.10. The number of thiol groups is 2. The van der Waals surface area contributed by atoms with Crippen LogP contribution in [0.4, 0.5) is 0 Å². The lowest BCUT2D eigenvalue weighted by atomic mass is 10.3. The summed E-state index contributed by atoms with van der Waals surface area (Å²) in [5.74, 6) is 0.881. The standard InChI is InChI=1S/C13H19N3O4S2/c17-12(14-2-6-21)8-10-11(20-5-1-4-19-10)9(16-8)13(18)15-3-7-22/h16,21-22H,1-7H2,(H,14,17)(H,15,18). The predicted octanol–water partition coefficient (Wildman–Crippen LogP) is 0.495. The molecule has 0 bridgehead atoms. The normalized spacial score (nSPS) is 13.4. The number of hydrogen-bond donors (Lipinski definition) is 5. The van der Waals surface area contributed by atoms with Gasteiger partial charge < -0.3 is 25.1 Å². The van der Waals surface area contributed by atoms with Crippen LogP contribution < -0.4 is 20.1 Å². The summed E-state index contributed by atoms with van der Waals surface area (Å²) in [6, 6.07) is 0. The van der Waals surface area contributed by atoms with Gasteiger partial charge in [-0.2, -0.15) is 25.3 Å². The number of H-pyrrole nitrogens is 1. The van der Waals surface area contributed by atoms with Gasteiger partial charge in [-0.25, -0.2) is 0 Å². The van der Waals surface area contributed by atoms with Crippen molar-refractivity contribution in [3.8, 4) is 11.5 Å². The molecule has 0 fully saturated rings. The molecule has 22 heavy (non-hydrogen) atoms. The smallest absolute Gasteiger partial charge is 0.271 e. The summed E-state index contributed by atoms with van der Waals surface area (Å²) in [6.07, 6.45) is 0.685. The Morgan fingerprint density at radius 3 is 1.82 bits per heavy atom. The van der Waals surface area contributed by atoms with Gasteiger partial charge in [0, 0.05) is 31.0 Å². The van der Waals surface area contributed by atoms with E-state index in [-0.39, 0.29) is 34.7 Å². The van der Waals surface area contributed by atoms with Crippen LogP contribution in [-0.4, -0.2) is 54.6 Å². The Morgan fingerprint density at radius 1 is 0.955 bits per heavy atom. The Hall–Kier alpha value is -1.48. The summed E-state index contributed by atoms with van der Waals surface area (Å²) < 4.78 is 11.2. The van der Waals surface area contributed by atoms with Crippen LogP contribution in [0.1, 0.15) is 27.4 Å². The van der Waals surface area contributed by atoms with Gasteiger partial charge in [0.1, 0.15) is 0 Å². The number of ether oxygens (including phenoxy) is 2. The van der Waals surface area contributed by atoms with Gasteiger partial charge >= 0.3 is 0 Å². The van der Waals surface area contributed by atoms with Gasteiger partial charge in [-0.05, 0) is 0 Å². The number of carbonyl (C=O) groups excluding carboxylic acids is 2. The van der Waals surface area contributed by atoms with E-state index in [1.165, 1.54) is 0 Å². The highest BCUT2D eigenvalue weighted by Gasteiger charge is 2.29. The Kier molecular flexibility index (Phi) is 6.32. The summed E-state index contributed by atoms with van der Waals surface area (Å²) in [6.45, 7) is 1.68. The highest BCUT2D eigenvalue weighted by Crippen LogP contribution is 2.37. The molecule has 122 valence electrons. The summed E-state index contributed by atoms with van der Waals surface area (Å²) in [7, 11) is 0. The van der Waals surface area contributed by atoms with Crippen LogP contribution >= 0.6 is 25.3 Å². The first-order chi connectivity index (χ1) is 10.7. The molecule has 1 aliphatic rings. The molecular weight excluding hydrogens is 326 g/mol. The molecule has 1 aromatic rings. The van der Waals surface area contributed by atoms with E-state index in [2.05, 4.69) is 40.9 Å². The van der Waals surface area contributed by atoms with Crippen LogP contribution in [0.3, 0.4) is 0 Å². The van der Waals surface area contributed by atoms with Gasteiger partial charge in [-0.1, -0.05) is 0 Å². The third kappa shape index (κ3) is 3.83. The number of carbonyl (C=O) groups is 2. The third-order valence-electron chi connectivity index (χ3n) is 2.94. The highest BCUT2D eigenvalue weighted by atomic mass is 32.1. The molecule has 0 unspecified atom stereocenters. The van der Waals surface area contributed by atoms with Gasteiger partial charge in [-0.3, -0.25) is 9.59 Å². The second-order valence-electron chi connectivity index (χ2n) is 4.54. The number of amides is 2. The van der Waals surface area contributed by atoms with Crippen LogP contribution in [0.5, 0.6) is 11.5 Å². The SMILES string of the molecule is O=C(NCCS)c1[nH]c(C(=O)NCCS)c2c1OCCCO2. The zero-order chi connectivity index (χ0) is 15.9. The second kappa shape index (κ2) is 8.23. The molecule has 0 aromatic carbocycles. The number of nitrogens with one attached hydrogen (secondary N) is 3. The number of hydrogen-bond acceptors (Lipinski definition) is 6. The average Bonchev–Trinajstić information content (AvgIpc) is 2.72. The van der Waals surface area contributed by atoms with E-state index >= 15 is 0 Å². The van der Waals surface area contributed by atoms with Crippen molar-refractivity contribution in [2.45, 2.75) is 6.42 Å². The molecule has 9 heteroatoms. The van der Waals surface area contributed by atoms with Crippen molar-refractivity contribution in [2.24, 2.45) is 0 Å². The molecule has 0 aliphatic carbocycles. The zero-order valence-electron chi connectivity index (χ0n) is 12.0. The Bertz CT molecular complexity index is 503. The molecular formula is C13H19N3O4S2. The van der Waals surface area contributed by atoms with Gasteiger partial charge in [0.05, 0.1) is 13.2 Å². The zero-order valence-corrected chi connectivity index (χ0v) is 13.8. The van der Waals surface area contributed by atoms with E-state index in [1.54, 1.807) is 0 Å². The first-order valence-corrected chi connectivity index (χ1v) is 8.25. The molecule has 2 heterocycles. The highest BCUT2D eigenvalue weighted by molar-refractivity contribution is 7.80. The summed E-state index contributed by atoms with van der Waals surface area (Å²) in [5, 5.41) is 5.38. The fraction of sp³-hybridized carbons (Fsp3) is 0.538. The topological polar surface area (TPSA) is 92.5 Å². The summed E-state index contributed by atoms with van der Waals surface area (Å²) in [4.78, 5) is 27.2. The van der Waals surface area contributed by atoms with Crippen LogP contribution in [0.25, 0.3) is 0 Å². The largest absolute Gasteiger partial charge is 0.487 e. The van der Waals surface area contributed by atoms with E-state index in [4.69, 9.17) is 9.47 Å². The molecule has 1 aromatic heterocycles. The minimum absolute atomic E-state index is 0.190. The van der Waals surface area contributed by atoms with E-state index in [9.17, 15) is 9.59 Å². The third-order valence-corrected chi connectivity index (χ3v) is 3.39. The first-order valence-electron chi connectivity index (χ1n) is 6.98. The van der Waals surface area contributed by atoms with Gasteiger partial charge in [0.25, 0.3) is 11.8 Å². The first kappa shape index (κ1) is 16.9. The van der Waals surface area contributed by atoms with Crippen LogP contribution in [0.15, 0.2) is 0 Å². The second-order valence-corrected chi connectivity index (χ2v) is 5.44. The molecule has 3 N–H and O–H groups in total. The van der Waals surface area contributed by atoms with Gasteiger partial charge in [0.2, 0.25) is 0 Å². The van der Waals surface area contributed by atoms with Gasteiger partial charge in [0.15, 0.2) is 22.9 Å². The van der Waals surface area contributed by atoms with Crippen LogP contribution in [0, 0.1) is 0 Å². The molecule has 0 saturated heterocycles. The Balaban J connectivity index is 2.31. The quantitative estimate of drug-likeness (QED) is 0.485. The van der Waals surface area contributed by atoms with Crippen molar-refractivity contribution in [3.05, 3.63) is 11.4 Å². The van der Waals surface area contributed by atoms with Crippen molar-refractivity contribution >= 4 is 37.1 Å². The van der Waals surface area contributed by atoms with Crippen molar-refractivity contribution in [1.29, 1.82) is 0 Å². The maximum Gasteiger partial charge on any atom is 0.271 e. The van der Waals surface area contributed by atoms with Crippen molar-refractivity contribution < 1.29 is 19.1 Å². The maximum atomic E-state index is 12.2. The maximum absolute atomic E-state index is 12.2. The molecule has 0 atom stereocenters. The van der Waals surface area contributed by atoms with E-state index < -0.39 is 0 Å². The van der Waals surface area contributed by atoms with Crippen molar-refractivity contribution in [1.82, 2.24) is 15.6 Å². The molecule has 0 radical (unpaired) electrons. The molecule has 1 aliphatic heterocycles. The number of fused-ring (bicyclic) bond motifs is 1. The molecule has 0 saturated carbocycles. The van der Waals surface area contributed by atoms with Crippen molar-refractivity contribution in [2.75, 3.05) is 37.8 Å². The minimum atomic E-state index is -0.357. The van der Waals surface area contributed by atoms with Gasteiger partial charge in [-0.15, -0.1) is 0 Å². The Morgan fingerprint density at radius 2 is 1.41 bits per heavy atom. The lowest BCUT2D eigenvalue weighted by Crippen LogP contribution is -2.28. The minimum Gasteiger partial charge on any atom is -0.487 e. The molecule has 0 spiro atoms. The van der Waals surface area contributed by atoms with Crippen LogP contribution in [0.2, 0.25) is 0 Å². The molecule has 2 amide bonds. The molecule has 7 nitrogen and oxygen atoms in total. The fourth-order valence-corrected chi connectivity index (χ4v) is 2.21. The number of aromatic nitrogens is 1. The van der Waals surface area contributed by atoms with Crippen LogP contribution in [-0.2, 0) is 0 Å². The molecule has 2 rings (SSSR count). The van der Waals surface area contributed by atoms with E-state index in [0.717, 1.165) is 0 Å². The lowest BCUT2D eigenvalue weighted by molar-refractivity contribution is 0.0947. The van der Waals surface area contributed by atoms with E-state index in [0.29, 0.717) is 44.2 Å². The van der Waals surface area contributed by atoms with Crippen molar-refractivity contribution in [3.63, 3.8) is 0 Å². The average molecular weight is 345 g/mol. The summed E-state index contributed by atoms with van der Waals surface area (Å²) in [5.41, 5.74) is 0.379. The number of aromatic amines is 1.